The molecule has 0 aliphatic heterocycles. The molecule has 2 N–H and O–H groups in total. The minimum absolute atomic E-state index is 0.538. The minimum Gasteiger partial charge on any atom is -0.481 e. The van der Waals surface area contributed by atoms with E-state index in [1.165, 1.54) is 0 Å². The van der Waals surface area contributed by atoms with Crippen LogP contribution in [-0.2, 0) is 9.53 Å². The molecule has 1 rings (SSSR count). The Kier molecular flexibility index (Phi) is 4.17. The Morgan fingerprint density at radius 2 is 1.58 bits per heavy atom. The summed E-state index contributed by atoms with van der Waals surface area (Å²) >= 11 is 0. The van der Waals surface area contributed by atoms with Crippen LogP contribution in [0.4, 0.5) is 4.79 Å². The predicted octanol–water partition coefficient (Wildman–Crippen LogP) is 2.93. The Balaban J connectivity index is 2.90. The highest BCUT2D eigenvalue weighted by molar-refractivity contribution is 5.78. The van der Waals surface area contributed by atoms with Crippen molar-refractivity contribution in [2.24, 2.45) is 5.41 Å². The van der Waals surface area contributed by atoms with Gasteiger partial charge in [-0.25, -0.2) is 4.79 Å². The second kappa shape index (κ2) is 5.02. The zero-order chi connectivity index (χ0) is 14.9. The molecular formula is C14H25NO4. The van der Waals surface area contributed by atoms with Gasteiger partial charge in [-0.05, 0) is 47.5 Å². The molecule has 0 spiro atoms. The normalized spacial score (nSPS) is 19.0. The van der Waals surface area contributed by atoms with Gasteiger partial charge in [0.05, 0.1) is 11.0 Å². The van der Waals surface area contributed by atoms with Crippen LogP contribution < -0.4 is 5.32 Å². The molecule has 1 aliphatic rings. The van der Waals surface area contributed by atoms with E-state index in [2.05, 4.69) is 5.32 Å². The molecule has 0 unspecified atom stereocenters. The van der Waals surface area contributed by atoms with Gasteiger partial charge in [0.25, 0.3) is 0 Å². The molecule has 0 heterocycles. The van der Waals surface area contributed by atoms with Crippen LogP contribution in [-0.4, -0.2) is 28.3 Å². The number of aliphatic carboxylic acids is 1. The summed E-state index contributed by atoms with van der Waals surface area (Å²) in [5.74, 6) is -0.898. The fourth-order valence-electron chi connectivity index (χ4n) is 2.59. The maximum Gasteiger partial charge on any atom is 0.408 e. The highest BCUT2D eigenvalue weighted by Crippen LogP contribution is 2.44. The molecule has 0 aromatic carbocycles. The van der Waals surface area contributed by atoms with E-state index in [1.54, 1.807) is 34.6 Å². The Bertz CT molecular complexity index is 362. The van der Waals surface area contributed by atoms with Gasteiger partial charge in [0.15, 0.2) is 0 Å². The number of alkyl carbamates (subject to hydrolysis) is 1. The van der Waals surface area contributed by atoms with Crippen LogP contribution in [0.3, 0.4) is 0 Å². The molecule has 5 heteroatoms. The molecule has 0 radical (unpaired) electrons. The van der Waals surface area contributed by atoms with Crippen molar-refractivity contribution in [2.75, 3.05) is 0 Å². The van der Waals surface area contributed by atoms with Gasteiger partial charge in [-0.1, -0.05) is 12.8 Å². The van der Waals surface area contributed by atoms with E-state index >= 15 is 0 Å². The SMILES string of the molecule is CC(C)(C)OC(=O)NC1(C(C)(C)C(=O)O)CCCC1. The maximum absolute atomic E-state index is 12.0. The number of amides is 1. The third-order valence-electron chi connectivity index (χ3n) is 3.93. The van der Waals surface area contributed by atoms with Crippen LogP contribution in [0.15, 0.2) is 0 Å². The van der Waals surface area contributed by atoms with Crippen molar-refractivity contribution in [1.29, 1.82) is 0 Å². The lowest BCUT2D eigenvalue weighted by Crippen LogP contribution is -2.59. The quantitative estimate of drug-likeness (QED) is 0.827. The summed E-state index contributed by atoms with van der Waals surface area (Å²) in [7, 11) is 0. The monoisotopic (exact) mass is 271 g/mol. The number of hydrogen-bond donors (Lipinski definition) is 2. The van der Waals surface area contributed by atoms with Gasteiger partial charge in [0.1, 0.15) is 5.60 Å². The Hall–Kier alpha value is -1.26. The Morgan fingerprint density at radius 3 is 1.95 bits per heavy atom. The number of nitrogens with one attached hydrogen (secondary N) is 1. The molecule has 110 valence electrons. The summed E-state index contributed by atoms with van der Waals surface area (Å²) in [6.07, 6.45) is 2.65. The van der Waals surface area contributed by atoms with E-state index in [4.69, 9.17) is 4.74 Å². The summed E-state index contributed by atoms with van der Waals surface area (Å²) in [5.41, 5.74) is -2.32. The van der Waals surface area contributed by atoms with Gasteiger partial charge in [-0.15, -0.1) is 0 Å². The molecule has 1 saturated carbocycles. The smallest absolute Gasteiger partial charge is 0.408 e. The summed E-state index contributed by atoms with van der Waals surface area (Å²) < 4.78 is 5.26. The summed E-state index contributed by atoms with van der Waals surface area (Å²) in [5, 5.41) is 12.2. The van der Waals surface area contributed by atoms with Crippen LogP contribution >= 0.6 is 0 Å². The minimum atomic E-state index is -1.01. The zero-order valence-electron chi connectivity index (χ0n) is 12.5. The third kappa shape index (κ3) is 3.39. The molecule has 1 fully saturated rings. The molecule has 5 nitrogen and oxygen atoms in total. The van der Waals surface area contributed by atoms with Gasteiger partial charge in [-0.2, -0.15) is 0 Å². The Labute approximate surface area is 114 Å². The predicted molar refractivity (Wildman–Crippen MR) is 72.0 cm³/mol. The topological polar surface area (TPSA) is 75.6 Å². The number of carbonyl (C=O) groups is 2. The van der Waals surface area contributed by atoms with Gasteiger partial charge in [-0.3, -0.25) is 4.79 Å². The van der Waals surface area contributed by atoms with Crippen molar-refractivity contribution in [3.8, 4) is 0 Å². The molecular weight excluding hydrogens is 246 g/mol. The Morgan fingerprint density at radius 1 is 1.11 bits per heavy atom. The highest BCUT2D eigenvalue weighted by Gasteiger charge is 2.53. The molecule has 1 amide bonds. The van der Waals surface area contributed by atoms with Crippen molar-refractivity contribution in [2.45, 2.75) is 71.4 Å². The summed E-state index contributed by atoms with van der Waals surface area (Å²) in [6.45, 7) is 8.69. The van der Waals surface area contributed by atoms with Crippen LogP contribution in [0.1, 0.15) is 60.3 Å². The molecule has 19 heavy (non-hydrogen) atoms. The lowest BCUT2D eigenvalue weighted by Gasteiger charge is -2.42. The lowest BCUT2D eigenvalue weighted by molar-refractivity contribution is -0.151. The first-order valence-electron chi connectivity index (χ1n) is 6.75. The molecule has 0 bridgehead atoms. The van der Waals surface area contributed by atoms with E-state index in [0.717, 1.165) is 12.8 Å². The summed E-state index contributed by atoms with van der Waals surface area (Å²) in [4.78, 5) is 23.5. The van der Waals surface area contributed by atoms with Crippen molar-refractivity contribution in [1.82, 2.24) is 5.32 Å². The average Bonchev–Trinajstić information content (AvgIpc) is 2.64. The zero-order valence-corrected chi connectivity index (χ0v) is 12.5. The second-order valence-corrected chi connectivity index (χ2v) is 6.85. The average molecular weight is 271 g/mol. The van der Waals surface area contributed by atoms with Crippen LogP contribution in [0.25, 0.3) is 0 Å². The van der Waals surface area contributed by atoms with Crippen molar-refractivity contribution >= 4 is 12.1 Å². The van der Waals surface area contributed by atoms with Gasteiger partial charge < -0.3 is 15.2 Å². The van der Waals surface area contributed by atoms with Crippen molar-refractivity contribution in [3.63, 3.8) is 0 Å². The number of hydrogen-bond acceptors (Lipinski definition) is 3. The van der Waals surface area contributed by atoms with E-state index in [0.29, 0.717) is 12.8 Å². The first kappa shape index (κ1) is 15.8. The largest absolute Gasteiger partial charge is 0.481 e. The fourth-order valence-corrected chi connectivity index (χ4v) is 2.59. The second-order valence-electron chi connectivity index (χ2n) is 6.85. The molecule has 0 aromatic heterocycles. The highest BCUT2D eigenvalue weighted by atomic mass is 16.6. The number of ether oxygens (including phenoxy) is 1. The van der Waals surface area contributed by atoms with Crippen LogP contribution in [0.2, 0.25) is 0 Å². The lowest BCUT2D eigenvalue weighted by atomic mass is 9.71. The van der Waals surface area contributed by atoms with Gasteiger partial charge >= 0.3 is 12.1 Å². The van der Waals surface area contributed by atoms with Crippen molar-refractivity contribution < 1.29 is 19.4 Å². The fraction of sp³-hybridized carbons (Fsp3) is 0.857. The van der Waals surface area contributed by atoms with E-state index in [1.807, 2.05) is 0 Å². The van der Waals surface area contributed by atoms with Gasteiger partial charge in [0.2, 0.25) is 0 Å². The maximum atomic E-state index is 12.0. The molecule has 0 saturated heterocycles. The first-order chi connectivity index (χ1) is 8.50. The number of carbonyl (C=O) groups excluding carboxylic acids is 1. The van der Waals surface area contributed by atoms with E-state index in [-0.39, 0.29) is 0 Å². The van der Waals surface area contributed by atoms with Crippen molar-refractivity contribution in [3.05, 3.63) is 0 Å². The molecule has 1 aliphatic carbocycles. The first-order valence-corrected chi connectivity index (χ1v) is 6.75. The number of rotatable bonds is 3. The van der Waals surface area contributed by atoms with Crippen LogP contribution in [0.5, 0.6) is 0 Å². The van der Waals surface area contributed by atoms with E-state index in [9.17, 15) is 14.7 Å². The number of carboxylic acid groups (broad SMARTS) is 1. The van der Waals surface area contributed by atoms with E-state index < -0.39 is 28.6 Å². The van der Waals surface area contributed by atoms with Crippen LogP contribution in [0, 0.1) is 5.41 Å². The third-order valence-corrected chi connectivity index (χ3v) is 3.93. The number of carboxylic acids is 1. The molecule has 0 aromatic rings. The summed E-state index contributed by atoms with van der Waals surface area (Å²) in [6, 6.07) is 0. The van der Waals surface area contributed by atoms with Gasteiger partial charge in [0, 0.05) is 0 Å². The standard InChI is InChI=1S/C14H25NO4/c1-12(2,3)19-11(18)15-14(8-6-7-9-14)13(4,5)10(16)17/h6-9H2,1-5H3,(H,15,18)(H,16,17). The molecule has 0 atom stereocenters.